The lowest BCUT2D eigenvalue weighted by atomic mass is 10.1. The summed E-state index contributed by atoms with van der Waals surface area (Å²) in [5.74, 6) is 0.418. The average Bonchev–Trinajstić information content (AvgIpc) is 3.12. The molecule has 9 nitrogen and oxygen atoms in total. The Balaban J connectivity index is 1.30. The standard InChI is InChI=1S/C23H21ClN6O3/c24-16-2-4-20-15(8-16)9-17(30(20)23(32)33)11-28-5-6-29(21(31)12-28)10-14-1-3-18-19(7-14)26-13-27-22(18)25/h1-4,7-9,13H,5-6,10-12H2,(H,32,33)(H2,25,26,27). The van der Waals surface area contributed by atoms with Crippen molar-refractivity contribution in [2.75, 3.05) is 25.4 Å². The quantitative estimate of drug-likeness (QED) is 0.476. The van der Waals surface area contributed by atoms with E-state index in [2.05, 4.69) is 9.97 Å². The van der Waals surface area contributed by atoms with Gasteiger partial charge in [0, 0.05) is 47.7 Å². The molecule has 0 bridgehead atoms. The average molecular weight is 465 g/mol. The van der Waals surface area contributed by atoms with Crippen molar-refractivity contribution < 1.29 is 14.7 Å². The van der Waals surface area contributed by atoms with Gasteiger partial charge in [0.05, 0.1) is 17.6 Å². The first-order valence-electron chi connectivity index (χ1n) is 10.4. The second-order valence-corrected chi connectivity index (χ2v) is 8.53. The number of aromatic nitrogens is 3. The zero-order valence-electron chi connectivity index (χ0n) is 17.6. The molecule has 5 rings (SSSR count). The van der Waals surface area contributed by atoms with Crippen LogP contribution < -0.4 is 5.73 Å². The number of benzene rings is 2. The number of hydrogen-bond donors (Lipinski definition) is 2. The van der Waals surface area contributed by atoms with Crippen molar-refractivity contribution in [1.82, 2.24) is 24.3 Å². The van der Waals surface area contributed by atoms with E-state index < -0.39 is 6.09 Å². The van der Waals surface area contributed by atoms with Gasteiger partial charge in [0.1, 0.15) is 12.1 Å². The van der Waals surface area contributed by atoms with Crippen molar-refractivity contribution in [3.05, 3.63) is 65.1 Å². The minimum Gasteiger partial charge on any atom is -0.464 e. The van der Waals surface area contributed by atoms with Crippen LogP contribution in [0.4, 0.5) is 10.6 Å². The Labute approximate surface area is 194 Å². The molecule has 4 aromatic rings. The monoisotopic (exact) mass is 464 g/mol. The number of amides is 1. The Hall–Kier alpha value is -3.69. The van der Waals surface area contributed by atoms with Crippen LogP contribution in [0.25, 0.3) is 21.8 Å². The van der Waals surface area contributed by atoms with E-state index >= 15 is 0 Å². The van der Waals surface area contributed by atoms with E-state index in [-0.39, 0.29) is 12.5 Å². The summed E-state index contributed by atoms with van der Waals surface area (Å²) in [6.45, 7) is 2.22. The fraction of sp³-hybridized carbons (Fsp3) is 0.217. The fourth-order valence-corrected chi connectivity index (χ4v) is 4.50. The molecule has 3 heterocycles. The molecule has 0 radical (unpaired) electrons. The molecule has 168 valence electrons. The van der Waals surface area contributed by atoms with Gasteiger partial charge in [-0.1, -0.05) is 17.7 Å². The Morgan fingerprint density at radius 1 is 1.09 bits per heavy atom. The van der Waals surface area contributed by atoms with Crippen molar-refractivity contribution in [3.8, 4) is 0 Å². The highest BCUT2D eigenvalue weighted by atomic mass is 35.5. The van der Waals surface area contributed by atoms with E-state index in [1.165, 1.54) is 10.9 Å². The first-order chi connectivity index (χ1) is 15.9. The Bertz CT molecular complexity index is 1400. The van der Waals surface area contributed by atoms with Gasteiger partial charge in [-0.25, -0.2) is 19.3 Å². The Morgan fingerprint density at radius 3 is 2.73 bits per heavy atom. The minimum absolute atomic E-state index is 0.00965. The van der Waals surface area contributed by atoms with Gasteiger partial charge in [0.25, 0.3) is 0 Å². The third kappa shape index (κ3) is 4.08. The number of rotatable bonds is 4. The third-order valence-corrected chi connectivity index (χ3v) is 6.15. The zero-order valence-corrected chi connectivity index (χ0v) is 18.4. The molecule has 3 N–H and O–H groups in total. The number of carbonyl (C=O) groups excluding carboxylic acids is 1. The van der Waals surface area contributed by atoms with Crippen LogP contribution in [-0.4, -0.2) is 61.1 Å². The molecule has 2 aromatic carbocycles. The molecule has 0 spiro atoms. The number of fused-ring (bicyclic) bond motifs is 2. The smallest absolute Gasteiger partial charge is 0.416 e. The summed E-state index contributed by atoms with van der Waals surface area (Å²) in [5, 5.41) is 11.8. The van der Waals surface area contributed by atoms with E-state index in [4.69, 9.17) is 17.3 Å². The highest BCUT2D eigenvalue weighted by Crippen LogP contribution is 2.25. The highest BCUT2D eigenvalue weighted by Gasteiger charge is 2.26. The lowest BCUT2D eigenvalue weighted by Gasteiger charge is -2.34. The van der Waals surface area contributed by atoms with Crippen LogP contribution in [0, 0.1) is 0 Å². The zero-order chi connectivity index (χ0) is 23.1. The molecule has 0 atom stereocenters. The van der Waals surface area contributed by atoms with Gasteiger partial charge in [0.15, 0.2) is 0 Å². The number of hydrogen-bond acceptors (Lipinski definition) is 6. The number of nitrogens with zero attached hydrogens (tertiary/aromatic N) is 5. The topological polar surface area (TPSA) is 118 Å². The maximum atomic E-state index is 12.9. The number of carbonyl (C=O) groups is 2. The summed E-state index contributed by atoms with van der Waals surface area (Å²) in [6.07, 6.45) is 0.364. The van der Waals surface area contributed by atoms with E-state index in [9.17, 15) is 14.7 Å². The molecule has 1 fully saturated rings. The molecule has 0 unspecified atom stereocenters. The van der Waals surface area contributed by atoms with Crippen LogP contribution in [0.1, 0.15) is 11.3 Å². The minimum atomic E-state index is -1.06. The van der Waals surface area contributed by atoms with Gasteiger partial charge in [-0.15, -0.1) is 0 Å². The maximum absolute atomic E-state index is 12.9. The predicted molar refractivity (Wildman–Crippen MR) is 125 cm³/mol. The fourth-order valence-electron chi connectivity index (χ4n) is 4.32. The van der Waals surface area contributed by atoms with Crippen molar-refractivity contribution in [3.63, 3.8) is 0 Å². The molecule has 10 heteroatoms. The summed E-state index contributed by atoms with van der Waals surface area (Å²) >= 11 is 6.06. The predicted octanol–water partition coefficient (Wildman–Crippen LogP) is 3.19. The molecule has 33 heavy (non-hydrogen) atoms. The molecule has 1 amide bonds. The summed E-state index contributed by atoms with van der Waals surface area (Å²) < 4.78 is 1.26. The molecular weight excluding hydrogens is 444 g/mol. The van der Waals surface area contributed by atoms with Crippen molar-refractivity contribution >= 4 is 51.2 Å². The molecule has 0 saturated carbocycles. The van der Waals surface area contributed by atoms with Crippen LogP contribution >= 0.6 is 11.6 Å². The normalized spacial score (nSPS) is 14.9. The highest BCUT2D eigenvalue weighted by molar-refractivity contribution is 6.31. The number of anilines is 1. The first-order valence-corrected chi connectivity index (χ1v) is 10.8. The number of halogens is 1. The van der Waals surface area contributed by atoms with Crippen LogP contribution in [0.2, 0.25) is 5.02 Å². The Morgan fingerprint density at radius 2 is 1.94 bits per heavy atom. The van der Waals surface area contributed by atoms with E-state index in [1.807, 2.05) is 29.2 Å². The SMILES string of the molecule is Nc1ncnc2cc(CN3CCN(Cc4cc5cc(Cl)ccc5n4C(=O)O)CC3=O)ccc12. The van der Waals surface area contributed by atoms with Gasteiger partial charge in [-0.05, 0) is 42.0 Å². The third-order valence-electron chi connectivity index (χ3n) is 5.92. The summed E-state index contributed by atoms with van der Waals surface area (Å²) in [4.78, 5) is 36.7. The van der Waals surface area contributed by atoms with Crippen molar-refractivity contribution in [1.29, 1.82) is 0 Å². The molecule has 1 saturated heterocycles. The second-order valence-electron chi connectivity index (χ2n) is 8.09. The van der Waals surface area contributed by atoms with Gasteiger partial charge in [-0.3, -0.25) is 9.69 Å². The second kappa shape index (κ2) is 8.34. The van der Waals surface area contributed by atoms with Gasteiger partial charge >= 0.3 is 6.09 Å². The van der Waals surface area contributed by atoms with Gasteiger partial charge < -0.3 is 15.7 Å². The summed E-state index contributed by atoms with van der Waals surface area (Å²) in [6, 6.07) is 12.6. The summed E-state index contributed by atoms with van der Waals surface area (Å²) in [5.41, 5.74) is 8.77. The molecule has 1 aliphatic rings. The number of nitrogens with two attached hydrogens (primary N) is 1. The van der Waals surface area contributed by atoms with E-state index in [1.54, 1.807) is 23.1 Å². The number of piperazine rings is 1. The van der Waals surface area contributed by atoms with Gasteiger partial charge in [0.2, 0.25) is 5.91 Å². The number of nitrogen functional groups attached to an aromatic ring is 1. The maximum Gasteiger partial charge on any atom is 0.416 e. The van der Waals surface area contributed by atoms with E-state index in [0.717, 1.165) is 21.9 Å². The molecule has 2 aromatic heterocycles. The largest absolute Gasteiger partial charge is 0.464 e. The lowest BCUT2D eigenvalue weighted by Crippen LogP contribution is -2.49. The first kappa shape index (κ1) is 21.2. The van der Waals surface area contributed by atoms with Crippen molar-refractivity contribution in [2.24, 2.45) is 0 Å². The summed E-state index contributed by atoms with van der Waals surface area (Å²) in [7, 11) is 0. The van der Waals surface area contributed by atoms with Crippen LogP contribution in [0.3, 0.4) is 0 Å². The Kier molecular flexibility index (Phi) is 5.35. The molecule has 0 aliphatic carbocycles. The van der Waals surface area contributed by atoms with Crippen LogP contribution in [0.15, 0.2) is 48.8 Å². The van der Waals surface area contributed by atoms with Crippen LogP contribution in [-0.2, 0) is 17.9 Å². The van der Waals surface area contributed by atoms with Gasteiger partial charge in [-0.2, -0.15) is 0 Å². The van der Waals surface area contributed by atoms with E-state index in [0.29, 0.717) is 48.2 Å². The lowest BCUT2D eigenvalue weighted by molar-refractivity contribution is -0.136. The van der Waals surface area contributed by atoms with Crippen molar-refractivity contribution in [2.45, 2.75) is 13.1 Å². The van der Waals surface area contributed by atoms with Crippen LogP contribution in [0.5, 0.6) is 0 Å². The number of carboxylic acid groups (broad SMARTS) is 1. The molecular formula is C23H21ClN6O3. The molecule has 1 aliphatic heterocycles.